The molecule has 6 heteroatoms. The maximum Gasteiger partial charge on any atom is 0.211 e. The van der Waals surface area contributed by atoms with Crippen molar-refractivity contribution in [3.63, 3.8) is 0 Å². The Balaban J connectivity index is 3.52. The van der Waals surface area contributed by atoms with Crippen molar-refractivity contribution in [3.8, 4) is 0 Å². The Kier molecular flexibility index (Phi) is 7.65. The maximum absolute atomic E-state index is 11.1. The van der Waals surface area contributed by atoms with Crippen molar-refractivity contribution < 1.29 is 13.2 Å². The summed E-state index contributed by atoms with van der Waals surface area (Å²) in [4.78, 5) is 0. The van der Waals surface area contributed by atoms with Crippen LogP contribution < -0.4 is 4.72 Å². The molecule has 0 unspecified atom stereocenters. The highest BCUT2D eigenvalue weighted by Gasteiger charge is 2.07. The van der Waals surface area contributed by atoms with Crippen molar-refractivity contribution >= 4 is 21.6 Å². The first-order valence-electron chi connectivity index (χ1n) is 4.14. The second-order valence-electron chi connectivity index (χ2n) is 2.60. The third-order valence-corrected chi connectivity index (χ3v) is 3.13. The Labute approximate surface area is 84.7 Å². The van der Waals surface area contributed by atoms with Crippen LogP contribution in [0.15, 0.2) is 0 Å². The Morgan fingerprint density at radius 1 is 1.38 bits per heavy atom. The number of hydrogen-bond acceptors (Lipinski definition) is 3. The van der Waals surface area contributed by atoms with Crippen LogP contribution in [0.2, 0.25) is 0 Å². The zero-order valence-corrected chi connectivity index (χ0v) is 9.33. The summed E-state index contributed by atoms with van der Waals surface area (Å²) in [6.07, 6.45) is 1.18. The van der Waals surface area contributed by atoms with E-state index < -0.39 is 10.0 Å². The highest BCUT2D eigenvalue weighted by atomic mass is 35.5. The monoisotopic (exact) mass is 229 g/mol. The number of nitrogens with one attached hydrogen (secondary N) is 1. The number of halogens is 1. The van der Waals surface area contributed by atoms with E-state index in [9.17, 15) is 8.42 Å². The first kappa shape index (κ1) is 13.2. The minimum absolute atomic E-state index is 0.101. The van der Waals surface area contributed by atoms with Crippen LogP contribution >= 0.6 is 11.6 Å². The summed E-state index contributed by atoms with van der Waals surface area (Å²) in [6, 6.07) is 0. The Morgan fingerprint density at radius 2 is 2.08 bits per heavy atom. The topological polar surface area (TPSA) is 55.4 Å². The van der Waals surface area contributed by atoms with Crippen molar-refractivity contribution in [1.82, 2.24) is 4.72 Å². The second-order valence-corrected chi connectivity index (χ2v) is 4.91. The Hall–Kier alpha value is 0.160. The molecular weight excluding hydrogens is 214 g/mol. The van der Waals surface area contributed by atoms with Crippen molar-refractivity contribution in [2.75, 3.05) is 31.9 Å². The van der Waals surface area contributed by atoms with Crippen molar-refractivity contribution in [1.29, 1.82) is 0 Å². The van der Waals surface area contributed by atoms with Gasteiger partial charge in [0.05, 0.1) is 5.75 Å². The molecule has 1 N–H and O–H groups in total. The summed E-state index contributed by atoms with van der Waals surface area (Å²) in [7, 11) is -1.53. The molecule has 0 saturated carbocycles. The fraction of sp³-hybridized carbons (Fsp3) is 1.00. The van der Waals surface area contributed by atoms with Gasteiger partial charge < -0.3 is 4.74 Å². The highest BCUT2D eigenvalue weighted by molar-refractivity contribution is 7.89. The van der Waals surface area contributed by atoms with Crippen LogP contribution in [0.3, 0.4) is 0 Å². The zero-order chi connectivity index (χ0) is 10.2. The van der Waals surface area contributed by atoms with Gasteiger partial charge in [0.1, 0.15) is 0 Å². The molecule has 13 heavy (non-hydrogen) atoms. The predicted octanol–water partition coefficient (Wildman–Crippen LogP) is 0.571. The smallest absolute Gasteiger partial charge is 0.211 e. The molecule has 0 atom stereocenters. The normalized spacial score (nSPS) is 11.8. The van der Waals surface area contributed by atoms with Gasteiger partial charge in [-0.25, -0.2) is 13.1 Å². The van der Waals surface area contributed by atoms with Gasteiger partial charge in [0.2, 0.25) is 10.0 Å². The molecule has 0 rings (SSSR count). The van der Waals surface area contributed by atoms with E-state index in [0.717, 1.165) is 0 Å². The van der Waals surface area contributed by atoms with Crippen molar-refractivity contribution in [2.24, 2.45) is 0 Å². The molecular formula is C7H16ClNO3S. The molecule has 0 radical (unpaired) electrons. The van der Waals surface area contributed by atoms with Crippen LogP contribution in [0.4, 0.5) is 0 Å². The quantitative estimate of drug-likeness (QED) is 0.489. The molecule has 0 saturated heterocycles. The van der Waals surface area contributed by atoms with Gasteiger partial charge in [-0.3, -0.25) is 0 Å². The van der Waals surface area contributed by atoms with E-state index in [4.69, 9.17) is 16.3 Å². The maximum atomic E-state index is 11.1. The molecule has 0 aromatic heterocycles. The van der Waals surface area contributed by atoms with Crippen molar-refractivity contribution in [2.45, 2.75) is 12.8 Å². The molecule has 0 aromatic carbocycles. The van der Waals surface area contributed by atoms with E-state index in [0.29, 0.717) is 31.9 Å². The van der Waals surface area contributed by atoms with E-state index in [1.807, 2.05) is 0 Å². The third-order valence-electron chi connectivity index (χ3n) is 1.39. The van der Waals surface area contributed by atoms with Gasteiger partial charge in [0, 0.05) is 26.1 Å². The number of rotatable bonds is 8. The number of hydrogen-bond donors (Lipinski definition) is 1. The fourth-order valence-corrected chi connectivity index (χ4v) is 2.18. The molecule has 0 spiro atoms. The highest BCUT2D eigenvalue weighted by Crippen LogP contribution is 1.92. The second kappa shape index (κ2) is 7.55. The van der Waals surface area contributed by atoms with Crippen LogP contribution in [-0.4, -0.2) is 40.3 Å². The molecule has 4 nitrogen and oxygen atoms in total. The SMILES string of the molecule is COCCCNS(=O)(=O)CCCCl. The molecule has 0 fully saturated rings. The minimum atomic E-state index is -3.11. The molecule has 0 aliphatic carbocycles. The summed E-state index contributed by atoms with van der Waals surface area (Å²) < 4.78 is 29.5. The zero-order valence-electron chi connectivity index (χ0n) is 7.75. The lowest BCUT2D eigenvalue weighted by molar-refractivity contribution is 0.196. The lowest BCUT2D eigenvalue weighted by atomic mass is 10.5. The van der Waals surface area contributed by atoms with Crippen LogP contribution in [0, 0.1) is 0 Å². The molecule has 0 aromatic rings. The summed E-state index contributed by atoms with van der Waals surface area (Å²) in [5, 5.41) is 0. The van der Waals surface area contributed by atoms with E-state index >= 15 is 0 Å². The van der Waals surface area contributed by atoms with Gasteiger partial charge in [-0.15, -0.1) is 11.6 Å². The third kappa shape index (κ3) is 8.49. The molecule has 0 aliphatic heterocycles. The lowest BCUT2D eigenvalue weighted by Gasteiger charge is -2.04. The molecule has 0 amide bonds. The largest absolute Gasteiger partial charge is 0.385 e. The van der Waals surface area contributed by atoms with Crippen molar-refractivity contribution in [3.05, 3.63) is 0 Å². The van der Waals surface area contributed by atoms with E-state index in [1.54, 1.807) is 7.11 Å². The summed E-state index contributed by atoms with van der Waals surface area (Å²) in [5.74, 6) is 0.475. The standard InChI is InChI=1S/C7H16ClNO3S/c1-12-6-3-5-9-13(10,11)7-2-4-8/h9H,2-7H2,1H3. The average Bonchev–Trinajstić information content (AvgIpc) is 2.09. The Bertz CT molecular complexity index is 206. The van der Waals surface area contributed by atoms with Gasteiger partial charge in [0.25, 0.3) is 0 Å². The van der Waals surface area contributed by atoms with E-state index in [2.05, 4.69) is 4.72 Å². The molecule has 0 heterocycles. The number of methoxy groups -OCH3 is 1. The van der Waals surface area contributed by atoms with Gasteiger partial charge in [-0.1, -0.05) is 0 Å². The predicted molar refractivity (Wildman–Crippen MR) is 53.6 cm³/mol. The van der Waals surface area contributed by atoms with Gasteiger partial charge in [-0.2, -0.15) is 0 Å². The van der Waals surface area contributed by atoms with Gasteiger partial charge in [-0.05, 0) is 12.8 Å². The van der Waals surface area contributed by atoms with Gasteiger partial charge >= 0.3 is 0 Å². The van der Waals surface area contributed by atoms with Crippen LogP contribution in [-0.2, 0) is 14.8 Å². The van der Waals surface area contributed by atoms with E-state index in [1.165, 1.54) is 0 Å². The number of sulfonamides is 1. The molecule has 0 bridgehead atoms. The fourth-order valence-electron chi connectivity index (χ4n) is 0.761. The van der Waals surface area contributed by atoms with Gasteiger partial charge in [0.15, 0.2) is 0 Å². The Morgan fingerprint density at radius 3 is 2.62 bits per heavy atom. The first-order chi connectivity index (χ1) is 6.12. The minimum Gasteiger partial charge on any atom is -0.385 e. The average molecular weight is 230 g/mol. The van der Waals surface area contributed by atoms with E-state index in [-0.39, 0.29) is 5.75 Å². The lowest BCUT2D eigenvalue weighted by Crippen LogP contribution is -2.28. The summed E-state index contributed by atoms with van der Waals surface area (Å²) in [5.41, 5.74) is 0. The summed E-state index contributed by atoms with van der Waals surface area (Å²) in [6.45, 7) is 0.997. The van der Waals surface area contributed by atoms with Crippen LogP contribution in [0.25, 0.3) is 0 Å². The van der Waals surface area contributed by atoms with Crippen LogP contribution in [0.1, 0.15) is 12.8 Å². The van der Waals surface area contributed by atoms with Crippen LogP contribution in [0.5, 0.6) is 0 Å². The number of alkyl halides is 1. The molecule has 80 valence electrons. The molecule has 0 aliphatic rings. The summed E-state index contributed by atoms with van der Waals surface area (Å²) >= 11 is 5.38. The first-order valence-corrected chi connectivity index (χ1v) is 6.33. The number of ether oxygens (including phenoxy) is 1.